The molecule has 0 fully saturated rings. The molecule has 0 aromatic carbocycles. The molecule has 0 radical (unpaired) electrons. The topological polar surface area (TPSA) is 280 Å². The molecule has 15 nitrogen and oxygen atoms in total. The molecular formula is C15H25N7O8. The van der Waals surface area contributed by atoms with Crippen LogP contribution in [-0.2, 0) is 33.6 Å². The summed E-state index contributed by atoms with van der Waals surface area (Å²) in [7, 11) is 0. The van der Waals surface area contributed by atoms with Crippen molar-refractivity contribution in [3.05, 3.63) is 0 Å². The average Bonchev–Trinajstić information content (AvgIpc) is 2.61. The Labute approximate surface area is 170 Å². The highest BCUT2D eigenvalue weighted by Gasteiger charge is 2.26. The first-order valence-corrected chi connectivity index (χ1v) is 8.54. The number of nitrogens with one attached hydrogen (secondary N) is 3. The Morgan fingerprint density at radius 3 is 1.80 bits per heavy atom. The maximum atomic E-state index is 12.3. The van der Waals surface area contributed by atoms with Crippen molar-refractivity contribution in [2.45, 2.75) is 43.8 Å². The van der Waals surface area contributed by atoms with Crippen molar-refractivity contribution in [2.24, 2.45) is 22.9 Å². The second-order valence-corrected chi connectivity index (χ2v) is 6.19. The van der Waals surface area contributed by atoms with Crippen LogP contribution < -0.4 is 38.9 Å². The number of hydrogen-bond donors (Lipinski definition) is 8. The van der Waals surface area contributed by atoms with E-state index in [1.54, 1.807) is 0 Å². The summed E-state index contributed by atoms with van der Waals surface area (Å²) in [6.45, 7) is -0.711. The summed E-state index contributed by atoms with van der Waals surface area (Å²) < 4.78 is 0. The molecule has 0 aromatic heterocycles. The third kappa shape index (κ3) is 11.2. The molecule has 0 saturated heterocycles. The van der Waals surface area contributed by atoms with E-state index in [4.69, 9.17) is 28.0 Å². The molecule has 12 N–H and O–H groups in total. The Morgan fingerprint density at radius 1 is 0.767 bits per heavy atom. The van der Waals surface area contributed by atoms with Gasteiger partial charge >= 0.3 is 5.97 Å². The summed E-state index contributed by atoms with van der Waals surface area (Å²) >= 11 is 0. The molecule has 0 aliphatic heterocycles. The lowest BCUT2D eigenvalue weighted by atomic mass is 10.1. The second kappa shape index (κ2) is 12.7. The van der Waals surface area contributed by atoms with Crippen LogP contribution in [0.3, 0.4) is 0 Å². The average molecular weight is 431 g/mol. The lowest BCUT2D eigenvalue weighted by molar-refractivity contribution is -0.143. The summed E-state index contributed by atoms with van der Waals surface area (Å²) in [5, 5.41) is 15.2. The van der Waals surface area contributed by atoms with Gasteiger partial charge in [0.05, 0.1) is 25.4 Å². The summed E-state index contributed by atoms with van der Waals surface area (Å²) in [6.07, 6.45) is -1.69. The second-order valence-electron chi connectivity index (χ2n) is 6.19. The summed E-state index contributed by atoms with van der Waals surface area (Å²) in [6, 6.07) is -4.28. The van der Waals surface area contributed by atoms with Gasteiger partial charge in [-0.2, -0.15) is 0 Å². The van der Waals surface area contributed by atoms with Gasteiger partial charge in [0.1, 0.15) is 12.1 Å². The van der Waals surface area contributed by atoms with Gasteiger partial charge in [0, 0.05) is 6.42 Å². The van der Waals surface area contributed by atoms with E-state index < -0.39 is 78.9 Å². The molecule has 30 heavy (non-hydrogen) atoms. The number of carbonyl (C=O) groups excluding carboxylic acids is 6. The van der Waals surface area contributed by atoms with E-state index in [0.717, 1.165) is 0 Å². The van der Waals surface area contributed by atoms with E-state index in [2.05, 4.69) is 10.6 Å². The maximum Gasteiger partial charge on any atom is 0.326 e. The molecule has 0 aromatic rings. The minimum Gasteiger partial charge on any atom is -0.480 e. The first-order valence-electron chi connectivity index (χ1n) is 8.54. The zero-order valence-electron chi connectivity index (χ0n) is 15.9. The highest BCUT2D eigenvalue weighted by molar-refractivity contribution is 5.94. The van der Waals surface area contributed by atoms with Crippen molar-refractivity contribution in [3.8, 4) is 0 Å². The van der Waals surface area contributed by atoms with Crippen LogP contribution in [0, 0.1) is 0 Å². The van der Waals surface area contributed by atoms with Gasteiger partial charge in [-0.25, -0.2) is 4.79 Å². The van der Waals surface area contributed by atoms with Crippen LogP contribution in [0.5, 0.6) is 0 Å². The highest BCUT2D eigenvalue weighted by atomic mass is 16.4. The van der Waals surface area contributed by atoms with Crippen molar-refractivity contribution in [1.82, 2.24) is 16.0 Å². The first kappa shape index (κ1) is 26.2. The SMILES string of the molecule is NC(=O)CC[C@H](NC(=O)[C@@H](N)CC(N)=O)C(=O)NCC(=O)N[C@@H](CC(N)=O)C(=O)O. The van der Waals surface area contributed by atoms with Crippen LogP contribution in [0.2, 0.25) is 0 Å². The normalized spacial score (nSPS) is 13.2. The lowest BCUT2D eigenvalue weighted by Gasteiger charge is -2.20. The minimum absolute atomic E-state index is 0.239. The number of amides is 6. The number of carboxylic acid groups (broad SMARTS) is 1. The summed E-state index contributed by atoms with van der Waals surface area (Å²) in [5.74, 6) is -6.87. The first-order chi connectivity index (χ1) is 13.8. The van der Waals surface area contributed by atoms with Gasteiger partial charge < -0.3 is 44.0 Å². The number of carbonyl (C=O) groups is 7. The van der Waals surface area contributed by atoms with Gasteiger partial charge in [0.25, 0.3) is 0 Å². The summed E-state index contributed by atoms with van der Waals surface area (Å²) in [5.41, 5.74) is 20.3. The van der Waals surface area contributed by atoms with Gasteiger partial charge in [-0.05, 0) is 6.42 Å². The fraction of sp³-hybridized carbons (Fsp3) is 0.533. The quantitative estimate of drug-likeness (QED) is 0.130. The van der Waals surface area contributed by atoms with E-state index in [9.17, 15) is 33.6 Å². The van der Waals surface area contributed by atoms with E-state index >= 15 is 0 Å². The van der Waals surface area contributed by atoms with Crippen molar-refractivity contribution < 1.29 is 38.7 Å². The van der Waals surface area contributed by atoms with Crippen LogP contribution in [0.15, 0.2) is 0 Å². The van der Waals surface area contributed by atoms with Crippen molar-refractivity contribution in [2.75, 3.05) is 6.54 Å². The molecule has 6 amide bonds. The standard InChI is InChI=1S/C15H25N7O8/c16-6(3-10(18)24)13(27)22-7(1-2-9(17)23)14(28)20-5-12(26)21-8(15(29)30)4-11(19)25/h6-8H,1-5,16H2,(H2,17,23)(H2,18,24)(H2,19,25)(H,20,28)(H,21,26)(H,22,27)(H,29,30)/t6-,7-,8-/m0/s1. The molecule has 15 heteroatoms. The van der Waals surface area contributed by atoms with Crippen molar-refractivity contribution >= 4 is 41.4 Å². The maximum absolute atomic E-state index is 12.3. The predicted octanol–water partition coefficient (Wildman–Crippen LogP) is -5.50. The fourth-order valence-electron chi connectivity index (χ4n) is 2.08. The van der Waals surface area contributed by atoms with Crippen molar-refractivity contribution in [3.63, 3.8) is 0 Å². The Morgan fingerprint density at radius 2 is 1.33 bits per heavy atom. The van der Waals surface area contributed by atoms with Crippen LogP contribution in [0.1, 0.15) is 25.7 Å². The largest absolute Gasteiger partial charge is 0.480 e. The number of hydrogen-bond acceptors (Lipinski definition) is 8. The monoisotopic (exact) mass is 431 g/mol. The molecular weight excluding hydrogens is 406 g/mol. The Kier molecular flexibility index (Phi) is 11.1. The fourth-order valence-corrected chi connectivity index (χ4v) is 2.08. The molecule has 0 aliphatic carbocycles. The Hall–Kier alpha value is -3.75. The number of nitrogens with two attached hydrogens (primary N) is 4. The van der Waals surface area contributed by atoms with E-state index in [-0.39, 0.29) is 12.8 Å². The zero-order valence-corrected chi connectivity index (χ0v) is 15.9. The molecule has 0 bridgehead atoms. The van der Waals surface area contributed by atoms with Gasteiger partial charge in [0.15, 0.2) is 0 Å². The molecule has 0 spiro atoms. The van der Waals surface area contributed by atoms with Gasteiger partial charge in [-0.3, -0.25) is 28.8 Å². The molecule has 168 valence electrons. The van der Waals surface area contributed by atoms with E-state index in [0.29, 0.717) is 0 Å². The summed E-state index contributed by atoms with van der Waals surface area (Å²) in [4.78, 5) is 79.6. The highest BCUT2D eigenvalue weighted by Crippen LogP contribution is 2.00. The van der Waals surface area contributed by atoms with Crippen LogP contribution in [0.25, 0.3) is 0 Å². The smallest absolute Gasteiger partial charge is 0.326 e. The molecule has 0 aliphatic rings. The van der Waals surface area contributed by atoms with Gasteiger partial charge in [0.2, 0.25) is 35.4 Å². The third-order valence-corrected chi connectivity index (χ3v) is 3.53. The number of aliphatic carboxylic acids is 1. The third-order valence-electron chi connectivity index (χ3n) is 3.53. The zero-order chi connectivity index (χ0) is 23.4. The molecule has 0 unspecified atom stereocenters. The Bertz CT molecular complexity index is 711. The van der Waals surface area contributed by atoms with Crippen LogP contribution in [-0.4, -0.2) is 71.2 Å². The van der Waals surface area contributed by atoms with Gasteiger partial charge in [-0.1, -0.05) is 0 Å². The number of primary amides is 3. The predicted molar refractivity (Wildman–Crippen MR) is 98.5 cm³/mol. The lowest BCUT2D eigenvalue weighted by Crippen LogP contribution is -2.54. The van der Waals surface area contributed by atoms with Crippen LogP contribution in [0.4, 0.5) is 0 Å². The van der Waals surface area contributed by atoms with E-state index in [1.165, 1.54) is 0 Å². The molecule has 0 rings (SSSR count). The molecule has 0 saturated carbocycles. The van der Waals surface area contributed by atoms with E-state index in [1.807, 2.05) is 5.32 Å². The number of carboxylic acids is 1. The Balaban J connectivity index is 4.94. The minimum atomic E-state index is -1.59. The number of rotatable bonds is 14. The molecule has 3 atom stereocenters. The van der Waals surface area contributed by atoms with Crippen molar-refractivity contribution in [1.29, 1.82) is 0 Å². The van der Waals surface area contributed by atoms with Crippen LogP contribution >= 0.6 is 0 Å². The van der Waals surface area contributed by atoms with Gasteiger partial charge in [-0.15, -0.1) is 0 Å². The molecule has 0 heterocycles.